The van der Waals surface area contributed by atoms with Gasteiger partial charge in [0.05, 0.1) is 6.61 Å². The van der Waals surface area contributed by atoms with Crippen LogP contribution in [0.5, 0.6) is 0 Å². The molecule has 4 fully saturated rings. The lowest BCUT2D eigenvalue weighted by atomic mass is 9.44. The molecule has 4 rings (SSSR count). The molecule has 0 aromatic carbocycles. The SMILES string of the molecule is C=C(C)C(=O)OCC(CO)CC[C@H]1CC[C@@]2(C)C(CC[C@@H]3C2CC[C@@]2(C)C3CC[C@@H]2[C@H](C)CC[C@@H](C)C(C)C)C1. The van der Waals surface area contributed by atoms with Gasteiger partial charge in [-0.25, -0.2) is 4.79 Å². The average molecular weight is 557 g/mol. The Kier molecular flexibility index (Phi) is 10.6. The van der Waals surface area contributed by atoms with Gasteiger partial charge in [-0.1, -0.05) is 61.0 Å². The minimum Gasteiger partial charge on any atom is -0.462 e. The molecule has 0 bridgehead atoms. The molecule has 11 atom stereocenters. The lowest BCUT2D eigenvalue weighted by Gasteiger charge is -2.61. The van der Waals surface area contributed by atoms with Gasteiger partial charge in [0.2, 0.25) is 0 Å². The van der Waals surface area contributed by atoms with Crippen LogP contribution in [0.3, 0.4) is 0 Å². The van der Waals surface area contributed by atoms with Crippen molar-refractivity contribution in [3.05, 3.63) is 12.2 Å². The first-order valence-electron chi connectivity index (χ1n) is 17.3. The fourth-order valence-electron chi connectivity index (χ4n) is 10.7. The largest absolute Gasteiger partial charge is 0.462 e. The molecule has 0 saturated heterocycles. The molecule has 3 heteroatoms. The molecular weight excluding hydrogens is 492 g/mol. The Morgan fingerprint density at radius 3 is 2.30 bits per heavy atom. The smallest absolute Gasteiger partial charge is 0.333 e. The maximum Gasteiger partial charge on any atom is 0.333 e. The van der Waals surface area contributed by atoms with Gasteiger partial charge >= 0.3 is 5.97 Å². The van der Waals surface area contributed by atoms with Crippen LogP contribution in [0.2, 0.25) is 0 Å². The van der Waals surface area contributed by atoms with Gasteiger partial charge < -0.3 is 9.84 Å². The lowest BCUT2D eigenvalue weighted by molar-refractivity contribution is -0.140. The molecule has 0 spiro atoms. The Morgan fingerprint density at radius 1 is 0.925 bits per heavy atom. The second kappa shape index (κ2) is 13.2. The third-order valence-corrected chi connectivity index (χ3v) is 13.8. The molecule has 0 amide bonds. The van der Waals surface area contributed by atoms with Crippen molar-refractivity contribution >= 4 is 5.97 Å². The number of hydrogen-bond acceptors (Lipinski definition) is 3. The third kappa shape index (κ3) is 6.55. The number of fused-ring (bicyclic) bond motifs is 5. The van der Waals surface area contributed by atoms with E-state index in [4.69, 9.17) is 4.74 Å². The highest BCUT2D eigenvalue weighted by atomic mass is 16.5. The Balaban J connectivity index is 1.32. The van der Waals surface area contributed by atoms with Gasteiger partial charge in [-0.3, -0.25) is 0 Å². The molecule has 0 aliphatic heterocycles. The molecule has 3 nitrogen and oxygen atoms in total. The van der Waals surface area contributed by atoms with Crippen LogP contribution < -0.4 is 0 Å². The van der Waals surface area contributed by atoms with Crippen LogP contribution in [0.4, 0.5) is 0 Å². The fraction of sp³-hybridized carbons (Fsp3) is 0.919. The second-order valence-corrected chi connectivity index (χ2v) is 16.3. The van der Waals surface area contributed by atoms with E-state index in [9.17, 15) is 9.90 Å². The van der Waals surface area contributed by atoms with E-state index in [1.54, 1.807) is 6.92 Å². The van der Waals surface area contributed by atoms with Gasteiger partial charge in [-0.2, -0.15) is 0 Å². The average Bonchev–Trinajstić information content (AvgIpc) is 3.28. The molecule has 0 radical (unpaired) electrons. The molecule has 4 aliphatic rings. The summed E-state index contributed by atoms with van der Waals surface area (Å²) in [6, 6.07) is 0. The highest BCUT2D eigenvalue weighted by Crippen LogP contribution is 2.68. The van der Waals surface area contributed by atoms with Crippen LogP contribution in [-0.4, -0.2) is 24.3 Å². The lowest BCUT2D eigenvalue weighted by Crippen LogP contribution is -2.53. The van der Waals surface area contributed by atoms with Crippen molar-refractivity contribution in [2.75, 3.05) is 13.2 Å². The van der Waals surface area contributed by atoms with Crippen molar-refractivity contribution in [2.24, 2.45) is 70.0 Å². The van der Waals surface area contributed by atoms with Crippen molar-refractivity contribution in [3.8, 4) is 0 Å². The molecule has 1 N–H and O–H groups in total. The van der Waals surface area contributed by atoms with Gasteiger partial charge in [0.15, 0.2) is 0 Å². The summed E-state index contributed by atoms with van der Waals surface area (Å²) in [6.07, 6.45) is 17.9. The Morgan fingerprint density at radius 2 is 1.62 bits per heavy atom. The van der Waals surface area contributed by atoms with E-state index in [0.29, 0.717) is 23.0 Å². The van der Waals surface area contributed by atoms with Crippen LogP contribution in [0.25, 0.3) is 0 Å². The van der Waals surface area contributed by atoms with Crippen LogP contribution in [0, 0.1) is 70.0 Å². The van der Waals surface area contributed by atoms with E-state index in [2.05, 4.69) is 48.1 Å². The van der Waals surface area contributed by atoms with E-state index in [0.717, 1.165) is 66.1 Å². The maximum atomic E-state index is 11.8. The normalized spacial score (nSPS) is 39.5. The zero-order valence-corrected chi connectivity index (χ0v) is 27.4. The van der Waals surface area contributed by atoms with E-state index >= 15 is 0 Å². The number of carbonyl (C=O) groups excluding carboxylic acids is 1. The number of rotatable bonds is 12. The van der Waals surface area contributed by atoms with Crippen molar-refractivity contribution in [3.63, 3.8) is 0 Å². The second-order valence-electron chi connectivity index (χ2n) is 16.3. The first-order valence-corrected chi connectivity index (χ1v) is 17.3. The highest BCUT2D eigenvalue weighted by Gasteiger charge is 2.60. The molecule has 40 heavy (non-hydrogen) atoms. The van der Waals surface area contributed by atoms with Crippen molar-refractivity contribution in [2.45, 2.75) is 132 Å². The van der Waals surface area contributed by atoms with Gasteiger partial charge in [-0.05, 0) is 142 Å². The summed E-state index contributed by atoms with van der Waals surface area (Å²) in [5, 5.41) is 9.88. The van der Waals surface area contributed by atoms with E-state index in [1.165, 1.54) is 70.6 Å². The third-order valence-electron chi connectivity index (χ3n) is 13.8. The highest BCUT2D eigenvalue weighted by molar-refractivity contribution is 5.86. The molecule has 4 unspecified atom stereocenters. The summed E-state index contributed by atoms with van der Waals surface area (Å²) in [7, 11) is 0. The van der Waals surface area contributed by atoms with E-state index in [-0.39, 0.29) is 18.5 Å². The molecule has 0 aromatic rings. The number of esters is 1. The first-order chi connectivity index (χ1) is 18.9. The zero-order valence-electron chi connectivity index (χ0n) is 27.4. The molecular formula is C37H64O3. The van der Waals surface area contributed by atoms with Crippen LogP contribution in [0.15, 0.2) is 12.2 Å². The van der Waals surface area contributed by atoms with Crippen LogP contribution in [0.1, 0.15) is 132 Å². The summed E-state index contributed by atoms with van der Waals surface area (Å²) in [6.45, 7) is 21.0. The topological polar surface area (TPSA) is 46.5 Å². The number of aliphatic hydroxyl groups excluding tert-OH is 1. The summed E-state index contributed by atoms with van der Waals surface area (Å²) in [4.78, 5) is 11.8. The predicted molar refractivity (Wildman–Crippen MR) is 167 cm³/mol. The maximum absolute atomic E-state index is 11.8. The molecule has 4 aliphatic carbocycles. The quantitative estimate of drug-likeness (QED) is 0.192. The van der Waals surface area contributed by atoms with Gasteiger partial charge in [0.25, 0.3) is 0 Å². The number of hydrogen-bond donors (Lipinski definition) is 1. The molecule has 4 saturated carbocycles. The van der Waals surface area contributed by atoms with Crippen LogP contribution >= 0.6 is 0 Å². The van der Waals surface area contributed by atoms with Crippen molar-refractivity contribution in [1.29, 1.82) is 0 Å². The van der Waals surface area contributed by atoms with Crippen LogP contribution in [-0.2, 0) is 9.53 Å². The Hall–Kier alpha value is -0.830. The summed E-state index contributed by atoms with van der Waals surface area (Å²) in [5.41, 5.74) is 1.54. The van der Waals surface area contributed by atoms with Gasteiger partial charge in [0.1, 0.15) is 0 Å². The fourth-order valence-corrected chi connectivity index (χ4v) is 10.7. The summed E-state index contributed by atoms with van der Waals surface area (Å²) < 4.78 is 5.36. The van der Waals surface area contributed by atoms with Crippen molar-refractivity contribution < 1.29 is 14.6 Å². The predicted octanol–water partition coefficient (Wildman–Crippen LogP) is 9.48. The number of aliphatic hydroxyl groups is 1. The zero-order chi connectivity index (χ0) is 29.2. The first kappa shape index (κ1) is 32.1. The van der Waals surface area contributed by atoms with E-state index in [1.807, 2.05) is 0 Å². The molecule has 230 valence electrons. The molecule has 0 heterocycles. The monoisotopic (exact) mass is 556 g/mol. The van der Waals surface area contributed by atoms with Gasteiger partial charge in [0, 0.05) is 18.1 Å². The number of ether oxygens (including phenoxy) is 1. The Bertz CT molecular complexity index is 863. The molecule has 0 aromatic heterocycles. The minimum atomic E-state index is -0.337. The van der Waals surface area contributed by atoms with Crippen molar-refractivity contribution in [1.82, 2.24) is 0 Å². The summed E-state index contributed by atoms with van der Waals surface area (Å²) >= 11 is 0. The van der Waals surface area contributed by atoms with E-state index < -0.39 is 0 Å². The standard InChI is InChI=1S/C37H64O3/c1-24(2)26(5)9-10-27(6)32-15-16-33-31-14-13-30-21-28(11-12-29(22-38)23-40-35(39)25(3)4)17-19-36(30,7)34(31)18-20-37(32,33)8/h24,26-34,38H,3,9-23H2,1-2,4-8H3/t26-,27-,28+,29?,30?,31+,32-,33?,34?,36+,37-/m1/s1. The van der Waals surface area contributed by atoms with Gasteiger partial charge in [-0.15, -0.1) is 0 Å². The minimum absolute atomic E-state index is 0.0506. The summed E-state index contributed by atoms with van der Waals surface area (Å²) in [5.74, 6) is 7.69. The Labute approximate surface area is 247 Å². The number of carbonyl (C=O) groups is 1.